The lowest BCUT2D eigenvalue weighted by molar-refractivity contribution is -0.149. The molecule has 3 amide bonds. The van der Waals surface area contributed by atoms with Gasteiger partial charge in [-0.1, -0.05) is 18.1 Å². The number of nitrogens with one attached hydrogen (secondary N) is 2. The molecule has 0 spiro atoms. The van der Waals surface area contributed by atoms with E-state index in [1.165, 1.54) is 18.3 Å². The second-order valence-corrected chi connectivity index (χ2v) is 9.29. The van der Waals surface area contributed by atoms with E-state index in [4.69, 9.17) is 8.94 Å². The van der Waals surface area contributed by atoms with E-state index in [1.807, 2.05) is 5.32 Å². The number of carbonyl (C=O) groups excluding carboxylic acids is 2. The molecule has 5 rings (SSSR count). The van der Waals surface area contributed by atoms with Gasteiger partial charge in [0.2, 0.25) is 17.6 Å². The molecule has 2 aromatic heterocycles. The topological polar surface area (TPSA) is 114 Å². The predicted octanol–water partition coefficient (Wildman–Crippen LogP) is 4.35. The highest BCUT2D eigenvalue weighted by atomic mass is 19.4. The first-order valence-electron chi connectivity index (χ1n) is 11.6. The van der Waals surface area contributed by atoms with Crippen LogP contribution in [0.25, 0.3) is 11.1 Å². The zero-order valence-electron chi connectivity index (χ0n) is 19.4. The normalized spacial score (nSPS) is 20.6. The van der Waals surface area contributed by atoms with Crippen molar-refractivity contribution in [2.24, 2.45) is 5.92 Å². The Hall–Kier alpha value is -3.71. The molecule has 0 radical (unpaired) electrons. The van der Waals surface area contributed by atoms with Crippen LogP contribution >= 0.6 is 0 Å². The van der Waals surface area contributed by atoms with Crippen LogP contribution in [0.5, 0.6) is 0 Å². The van der Waals surface area contributed by atoms with E-state index >= 15 is 0 Å². The molecule has 2 fully saturated rings. The second kappa shape index (κ2) is 8.99. The summed E-state index contributed by atoms with van der Waals surface area (Å²) in [4.78, 5) is 30.2. The number of oxazole rings is 1. The van der Waals surface area contributed by atoms with Gasteiger partial charge in [-0.2, -0.15) is 13.2 Å². The minimum Gasteiger partial charge on any atom is -0.438 e. The maximum atomic E-state index is 13.7. The van der Waals surface area contributed by atoms with Crippen LogP contribution in [0.15, 0.2) is 33.3 Å². The molecule has 37 heavy (non-hydrogen) atoms. The third-order valence-electron chi connectivity index (χ3n) is 6.60. The monoisotopic (exact) mass is 527 g/mol. The summed E-state index contributed by atoms with van der Waals surface area (Å²) in [5.41, 5.74) is 1.64. The predicted molar refractivity (Wildman–Crippen MR) is 117 cm³/mol. The maximum absolute atomic E-state index is 13.7. The zero-order chi connectivity index (χ0) is 26.5. The van der Waals surface area contributed by atoms with Crippen LogP contribution in [0, 0.1) is 5.92 Å². The fourth-order valence-corrected chi connectivity index (χ4v) is 4.58. The fourth-order valence-electron chi connectivity index (χ4n) is 4.58. The first-order valence-corrected chi connectivity index (χ1v) is 11.6. The molecule has 1 aromatic carbocycles. The first-order chi connectivity index (χ1) is 17.4. The van der Waals surface area contributed by atoms with Crippen molar-refractivity contribution in [2.75, 3.05) is 6.54 Å². The lowest BCUT2D eigenvalue weighted by Crippen LogP contribution is -2.45. The Labute approximate surface area is 206 Å². The number of amides is 3. The fraction of sp³-hybridized carbons (Fsp3) is 0.478. The van der Waals surface area contributed by atoms with Crippen LogP contribution < -0.4 is 10.6 Å². The summed E-state index contributed by atoms with van der Waals surface area (Å²) in [7, 11) is 0. The molecule has 3 heterocycles. The van der Waals surface area contributed by atoms with Gasteiger partial charge in [-0.15, -0.1) is 0 Å². The van der Waals surface area contributed by atoms with Crippen LogP contribution in [-0.2, 0) is 13.0 Å². The van der Waals surface area contributed by atoms with Crippen molar-refractivity contribution in [3.05, 3.63) is 47.2 Å². The van der Waals surface area contributed by atoms with Crippen molar-refractivity contribution in [1.82, 2.24) is 25.7 Å². The molecular formula is C23H22F5N5O4. The molecule has 14 heteroatoms. The van der Waals surface area contributed by atoms with E-state index < -0.39 is 61.4 Å². The molecular weight excluding hydrogens is 505 g/mol. The number of nitrogens with zero attached hydrogens (tertiary/aromatic N) is 3. The van der Waals surface area contributed by atoms with E-state index in [0.717, 1.165) is 4.90 Å². The molecule has 2 aliphatic rings. The van der Waals surface area contributed by atoms with Gasteiger partial charge in [-0.25, -0.2) is 18.6 Å². The Morgan fingerprint density at radius 3 is 2.73 bits per heavy atom. The van der Waals surface area contributed by atoms with Gasteiger partial charge in [-0.3, -0.25) is 4.79 Å². The number of rotatable bonds is 7. The third-order valence-corrected chi connectivity index (χ3v) is 6.60. The average Bonchev–Trinajstić information content (AvgIpc) is 3.53. The summed E-state index contributed by atoms with van der Waals surface area (Å²) in [6, 6.07) is 0.862. The van der Waals surface area contributed by atoms with Crippen molar-refractivity contribution < 1.29 is 40.5 Å². The van der Waals surface area contributed by atoms with Crippen molar-refractivity contribution in [3.63, 3.8) is 0 Å². The van der Waals surface area contributed by atoms with Crippen LogP contribution in [0.4, 0.5) is 26.7 Å². The highest BCUT2D eigenvalue weighted by molar-refractivity contribution is 5.93. The number of fused-ring (bicyclic) bond motifs is 1. The molecule has 2 unspecified atom stereocenters. The van der Waals surface area contributed by atoms with Gasteiger partial charge in [0.1, 0.15) is 17.6 Å². The van der Waals surface area contributed by atoms with Gasteiger partial charge in [0.15, 0.2) is 5.58 Å². The van der Waals surface area contributed by atoms with Gasteiger partial charge in [0.25, 0.3) is 5.91 Å². The highest BCUT2D eigenvalue weighted by Crippen LogP contribution is 2.48. The standard InChI is InChI=1S/C23H22F5N5O4/c1-2-12-8-29-37-18(12)19(34)32-17(13-6-22(24,25)7-13)20-30-14-5-11(3-4-15(14)36-20)9-33-10-16(23(26,27)28)31-21(33)35/h3-5,8,13,16-17H,2,6-7,9-10H2,1H3,(H,31,35)(H,32,34). The quantitative estimate of drug-likeness (QED) is 0.442. The van der Waals surface area contributed by atoms with Crippen molar-refractivity contribution in [1.29, 1.82) is 0 Å². The molecule has 3 aromatic rings. The summed E-state index contributed by atoms with van der Waals surface area (Å²) < 4.78 is 77.0. The molecule has 2 N–H and O–H groups in total. The highest BCUT2D eigenvalue weighted by Gasteiger charge is 2.51. The summed E-state index contributed by atoms with van der Waals surface area (Å²) >= 11 is 0. The first kappa shape index (κ1) is 25.0. The number of carbonyl (C=O) groups is 2. The van der Waals surface area contributed by atoms with Gasteiger partial charge in [-0.05, 0) is 30.0 Å². The molecule has 1 aliphatic heterocycles. The van der Waals surface area contributed by atoms with Crippen LogP contribution in [0.3, 0.4) is 0 Å². The van der Waals surface area contributed by atoms with Crippen molar-refractivity contribution >= 4 is 23.0 Å². The number of urea groups is 1. The summed E-state index contributed by atoms with van der Waals surface area (Å²) in [6.45, 7) is 1.17. The number of benzene rings is 1. The van der Waals surface area contributed by atoms with Gasteiger partial charge in [0.05, 0.1) is 12.7 Å². The number of alkyl halides is 5. The number of aryl methyl sites for hydroxylation is 1. The Kier molecular flexibility index (Phi) is 6.07. The molecule has 1 aliphatic carbocycles. The summed E-state index contributed by atoms with van der Waals surface area (Å²) in [5.74, 6) is -4.17. The lowest BCUT2D eigenvalue weighted by Gasteiger charge is -2.38. The van der Waals surface area contributed by atoms with Gasteiger partial charge < -0.3 is 24.5 Å². The van der Waals surface area contributed by atoms with E-state index in [-0.39, 0.29) is 23.8 Å². The van der Waals surface area contributed by atoms with Crippen LogP contribution in [0.2, 0.25) is 0 Å². The number of aromatic nitrogens is 2. The smallest absolute Gasteiger partial charge is 0.410 e. The van der Waals surface area contributed by atoms with E-state index in [1.54, 1.807) is 13.0 Å². The van der Waals surface area contributed by atoms with Gasteiger partial charge in [0, 0.05) is 24.9 Å². The molecule has 9 nitrogen and oxygen atoms in total. The van der Waals surface area contributed by atoms with E-state index in [0.29, 0.717) is 23.1 Å². The largest absolute Gasteiger partial charge is 0.438 e. The molecule has 1 saturated carbocycles. The zero-order valence-corrected chi connectivity index (χ0v) is 19.4. The Morgan fingerprint density at radius 1 is 1.32 bits per heavy atom. The Balaban J connectivity index is 1.37. The molecule has 0 bridgehead atoms. The number of hydrogen-bond acceptors (Lipinski definition) is 6. The third kappa shape index (κ3) is 4.96. The SMILES string of the molecule is CCc1cnoc1C(=O)NC(c1nc2cc(CN3CC(C(F)(F)F)NC3=O)ccc2o1)C1CC(F)(F)C1. The van der Waals surface area contributed by atoms with E-state index in [2.05, 4.69) is 15.5 Å². The van der Waals surface area contributed by atoms with Gasteiger partial charge >= 0.3 is 12.2 Å². The molecule has 198 valence electrons. The average molecular weight is 527 g/mol. The number of hydrogen-bond donors (Lipinski definition) is 2. The van der Waals surface area contributed by atoms with E-state index in [9.17, 15) is 31.5 Å². The van der Waals surface area contributed by atoms with Crippen molar-refractivity contribution in [2.45, 2.75) is 56.9 Å². The second-order valence-electron chi connectivity index (χ2n) is 9.29. The minimum atomic E-state index is -4.56. The van der Waals surface area contributed by atoms with Crippen LogP contribution in [0.1, 0.15) is 53.4 Å². The Bertz CT molecular complexity index is 1330. The minimum absolute atomic E-state index is 0.00890. The lowest BCUT2D eigenvalue weighted by atomic mass is 9.76. The maximum Gasteiger partial charge on any atom is 0.410 e. The van der Waals surface area contributed by atoms with Crippen molar-refractivity contribution in [3.8, 4) is 0 Å². The summed E-state index contributed by atoms with van der Waals surface area (Å²) in [5, 5.41) is 8.20. The number of halogens is 5. The van der Waals surface area contributed by atoms with Crippen LogP contribution in [-0.4, -0.2) is 51.7 Å². The molecule has 2 atom stereocenters. The molecule has 1 saturated heterocycles. The summed E-state index contributed by atoms with van der Waals surface area (Å²) in [6.07, 6.45) is -3.62. The Morgan fingerprint density at radius 2 is 2.08 bits per heavy atom.